The minimum atomic E-state index is -0.439. The largest absolute Gasteiger partial charge is 0.465 e. The molecule has 1 N–H and O–H groups in total. The minimum absolute atomic E-state index is 0.403. The number of aldehydes is 1. The van der Waals surface area contributed by atoms with E-state index in [-0.39, 0.29) is 0 Å². The van der Waals surface area contributed by atoms with Crippen molar-refractivity contribution < 1.29 is 14.3 Å². The van der Waals surface area contributed by atoms with Crippen molar-refractivity contribution >= 4 is 39.1 Å². The molecule has 1 heterocycles. The molecule has 2 aromatic rings. The monoisotopic (exact) mass is 281 g/mol. The molecule has 0 bridgehead atoms. The van der Waals surface area contributed by atoms with Gasteiger partial charge in [0.2, 0.25) is 0 Å². The van der Waals surface area contributed by atoms with Crippen LogP contribution in [-0.4, -0.2) is 24.3 Å². The van der Waals surface area contributed by atoms with Gasteiger partial charge in [-0.1, -0.05) is 15.9 Å². The molecule has 4 nitrogen and oxygen atoms in total. The van der Waals surface area contributed by atoms with Crippen molar-refractivity contribution in [2.45, 2.75) is 0 Å². The second-order valence-corrected chi connectivity index (χ2v) is 4.15. The zero-order chi connectivity index (χ0) is 11.7. The number of H-pyrrole nitrogens is 1. The number of halogens is 1. The highest BCUT2D eigenvalue weighted by molar-refractivity contribution is 9.10. The molecule has 82 valence electrons. The summed E-state index contributed by atoms with van der Waals surface area (Å²) in [5, 5.41) is 0.699. The van der Waals surface area contributed by atoms with E-state index in [1.54, 1.807) is 18.3 Å². The lowest BCUT2D eigenvalue weighted by atomic mass is 10.1. The lowest BCUT2D eigenvalue weighted by Gasteiger charge is -2.02. The van der Waals surface area contributed by atoms with Crippen molar-refractivity contribution in [3.05, 3.63) is 33.9 Å². The molecule has 16 heavy (non-hydrogen) atoms. The summed E-state index contributed by atoms with van der Waals surface area (Å²) in [7, 11) is 1.32. The first-order chi connectivity index (χ1) is 7.67. The number of fused-ring (bicyclic) bond motifs is 1. The molecule has 2 rings (SSSR count). The first kappa shape index (κ1) is 10.9. The summed E-state index contributed by atoms with van der Waals surface area (Å²) in [4.78, 5) is 25.2. The molecule has 0 aliphatic heterocycles. The Morgan fingerprint density at radius 3 is 2.88 bits per heavy atom. The van der Waals surface area contributed by atoms with Gasteiger partial charge in [0.1, 0.15) is 0 Å². The van der Waals surface area contributed by atoms with Crippen molar-refractivity contribution in [2.75, 3.05) is 7.11 Å². The fraction of sp³-hybridized carbons (Fsp3) is 0.0909. The van der Waals surface area contributed by atoms with E-state index in [1.807, 2.05) is 0 Å². The third-order valence-electron chi connectivity index (χ3n) is 2.32. The molecule has 0 atom stereocenters. The molecule has 0 fully saturated rings. The highest BCUT2D eigenvalue weighted by atomic mass is 79.9. The maximum atomic E-state index is 11.5. The van der Waals surface area contributed by atoms with Gasteiger partial charge in [0.15, 0.2) is 6.29 Å². The molecule has 0 aliphatic rings. The van der Waals surface area contributed by atoms with Gasteiger partial charge in [-0.15, -0.1) is 0 Å². The minimum Gasteiger partial charge on any atom is -0.465 e. The smallest absolute Gasteiger partial charge is 0.340 e. The summed E-state index contributed by atoms with van der Waals surface area (Å²) in [5.41, 5.74) is 1.53. The van der Waals surface area contributed by atoms with Gasteiger partial charge in [0.05, 0.1) is 18.2 Å². The van der Waals surface area contributed by atoms with Crippen molar-refractivity contribution in [2.24, 2.45) is 0 Å². The molecule has 0 saturated heterocycles. The van der Waals surface area contributed by atoms with Crippen LogP contribution in [0.25, 0.3) is 10.9 Å². The number of ether oxygens (including phenoxy) is 1. The van der Waals surface area contributed by atoms with Crippen LogP contribution in [0.3, 0.4) is 0 Å². The van der Waals surface area contributed by atoms with Crippen LogP contribution in [0.5, 0.6) is 0 Å². The zero-order valence-corrected chi connectivity index (χ0v) is 10.00. The van der Waals surface area contributed by atoms with Gasteiger partial charge < -0.3 is 9.72 Å². The number of hydrogen-bond donors (Lipinski definition) is 1. The normalized spacial score (nSPS) is 10.4. The average molecular weight is 282 g/mol. The molecule has 0 radical (unpaired) electrons. The molecule has 0 unspecified atom stereocenters. The number of benzene rings is 1. The highest BCUT2D eigenvalue weighted by Gasteiger charge is 2.14. The molecule has 1 aromatic heterocycles. The van der Waals surface area contributed by atoms with E-state index in [0.717, 1.165) is 10.8 Å². The summed E-state index contributed by atoms with van der Waals surface area (Å²) in [6.07, 6.45) is 2.31. The molecular formula is C11H8BrNO3. The standard InChI is InChI=1S/C11H8BrNO3/c1-16-11(15)9-3-7(12)2-8-6(5-14)4-13-10(8)9/h2-5,13H,1H3. The van der Waals surface area contributed by atoms with E-state index in [0.29, 0.717) is 22.0 Å². The van der Waals surface area contributed by atoms with Crippen LogP contribution in [0.1, 0.15) is 20.7 Å². The van der Waals surface area contributed by atoms with Gasteiger partial charge >= 0.3 is 5.97 Å². The van der Waals surface area contributed by atoms with E-state index in [1.165, 1.54) is 7.11 Å². The maximum absolute atomic E-state index is 11.5. The van der Waals surface area contributed by atoms with E-state index in [2.05, 4.69) is 25.7 Å². The van der Waals surface area contributed by atoms with Gasteiger partial charge in [0.25, 0.3) is 0 Å². The number of nitrogens with one attached hydrogen (secondary N) is 1. The van der Waals surface area contributed by atoms with Crippen molar-refractivity contribution in [3.63, 3.8) is 0 Å². The Labute approximate surface area is 99.7 Å². The molecule has 0 aliphatic carbocycles. The Morgan fingerprint density at radius 2 is 2.25 bits per heavy atom. The van der Waals surface area contributed by atoms with Crippen LogP contribution in [0.15, 0.2) is 22.8 Å². The highest BCUT2D eigenvalue weighted by Crippen LogP contribution is 2.26. The molecule has 5 heteroatoms. The van der Waals surface area contributed by atoms with Gasteiger partial charge in [-0.3, -0.25) is 4.79 Å². The summed E-state index contributed by atoms with van der Waals surface area (Å²) in [5.74, 6) is -0.439. The fourth-order valence-electron chi connectivity index (χ4n) is 1.59. The topological polar surface area (TPSA) is 59.2 Å². The average Bonchev–Trinajstić information content (AvgIpc) is 2.69. The molecule has 0 amide bonds. The Hall–Kier alpha value is -1.62. The quantitative estimate of drug-likeness (QED) is 0.680. The lowest BCUT2D eigenvalue weighted by Crippen LogP contribution is -2.02. The van der Waals surface area contributed by atoms with Crippen LogP contribution < -0.4 is 0 Å². The number of esters is 1. The van der Waals surface area contributed by atoms with Crippen molar-refractivity contribution in [1.29, 1.82) is 0 Å². The summed E-state index contributed by atoms with van der Waals surface area (Å²) in [6, 6.07) is 3.43. The first-order valence-electron chi connectivity index (χ1n) is 4.51. The number of aromatic amines is 1. The number of carbonyl (C=O) groups excluding carboxylic acids is 2. The predicted molar refractivity (Wildman–Crippen MR) is 62.7 cm³/mol. The Bertz CT molecular complexity index is 574. The van der Waals surface area contributed by atoms with E-state index in [4.69, 9.17) is 0 Å². The van der Waals surface area contributed by atoms with E-state index >= 15 is 0 Å². The van der Waals surface area contributed by atoms with Gasteiger partial charge in [-0.05, 0) is 12.1 Å². The van der Waals surface area contributed by atoms with Crippen LogP contribution >= 0.6 is 15.9 Å². The van der Waals surface area contributed by atoms with E-state index < -0.39 is 5.97 Å². The zero-order valence-electron chi connectivity index (χ0n) is 8.41. The van der Waals surface area contributed by atoms with Crippen LogP contribution in [-0.2, 0) is 4.74 Å². The Balaban J connectivity index is 2.79. The second-order valence-electron chi connectivity index (χ2n) is 3.23. The summed E-state index contributed by atoms with van der Waals surface area (Å²) < 4.78 is 5.40. The summed E-state index contributed by atoms with van der Waals surface area (Å²) in [6.45, 7) is 0. The van der Waals surface area contributed by atoms with Crippen molar-refractivity contribution in [3.8, 4) is 0 Å². The number of carbonyl (C=O) groups is 2. The van der Waals surface area contributed by atoms with Crippen LogP contribution in [0.2, 0.25) is 0 Å². The summed E-state index contributed by atoms with van der Waals surface area (Å²) >= 11 is 3.29. The van der Waals surface area contributed by atoms with Crippen LogP contribution in [0.4, 0.5) is 0 Å². The molecular weight excluding hydrogens is 274 g/mol. The number of hydrogen-bond acceptors (Lipinski definition) is 3. The molecule has 1 aromatic carbocycles. The first-order valence-corrected chi connectivity index (χ1v) is 5.30. The second kappa shape index (κ2) is 4.09. The van der Waals surface area contributed by atoms with E-state index in [9.17, 15) is 9.59 Å². The van der Waals surface area contributed by atoms with Gasteiger partial charge in [-0.2, -0.15) is 0 Å². The van der Waals surface area contributed by atoms with Crippen LogP contribution in [0, 0.1) is 0 Å². The Kier molecular flexibility index (Phi) is 2.78. The lowest BCUT2D eigenvalue weighted by molar-refractivity contribution is 0.0602. The number of methoxy groups -OCH3 is 1. The van der Waals surface area contributed by atoms with Crippen molar-refractivity contribution in [1.82, 2.24) is 4.98 Å². The predicted octanol–water partition coefficient (Wildman–Crippen LogP) is 2.53. The third kappa shape index (κ3) is 1.63. The van der Waals surface area contributed by atoms with Gasteiger partial charge in [-0.25, -0.2) is 4.79 Å². The molecule has 0 saturated carbocycles. The maximum Gasteiger partial charge on any atom is 0.340 e. The number of aromatic nitrogens is 1. The SMILES string of the molecule is COC(=O)c1cc(Br)cc2c(C=O)c[nH]c12. The molecule has 0 spiro atoms. The fourth-order valence-corrected chi connectivity index (χ4v) is 2.04. The Morgan fingerprint density at radius 1 is 1.50 bits per heavy atom. The third-order valence-corrected chi connectivity index (χ3v) is 2.78. The number of rotatable bonds is 2. The van der Waals surface area contributed by atoms with Gasteiger partial charge in [0, 0.05) is 21.6 Å².